The van der Waals surface area contributed by atoms with Crippen LogP contribution in [-0.2, 0) is 0 Å². The zero-order valence-electron chi connectivity index (χ0n) is 11.1. The molecule has 0 atom stereocenters. The SMILES string of the molecule is COc1cc(N(C)CC2(O)CCCC2)ccc1N. The molecule has 4 nitrogen and oxygen atoms in total. The first-order valence-electron chi connectivity index (χ1n) is 6.41. The topological polar surface area (TPSA) is 58.7 Å². The molecule has 0 unspecified atom stereocenters. The van der Waals surface area contributed by atoms with Gasteiger partial charge in [-0.1, -0.05) is 12.8 Å². The van der Waals surface area contributed by atoms with Crippen molar-refractivity contribution in [3.63, 3.8) is 0 Å². The number of aliphatic hydroxyl groups is 1. The van der Waals surface area contributed by atoms with Gasteiger partial charge in [0.15, 0.2) is 0 Å². The van der Waals surface area contributed by atoms with E-state index in [-0.39, 0.29) is 0 Å². The van der Waals surface area contributed by atoms with E-state index in [2.05, 4.69) is 4.90 Å². The zero-order valence-corrected chi connectivity index (χ0v) is 11.1. The molecule has 1 fully saturated rings. The van der Waals surface area contributed by atoms with Crippen molar-refractivity contribution >= 4 is 11.4 Å². The second-order valence-corrected chi connectivity index (χ2v) is 5.21. The Bertz CT molecular complexity index is 414. The van der Waals surface area contributed by atoms with Gasteiger partial charge in [-0.25, -0.2) is 0 Å². The van der Waals surface area contributed by atoms with Crippen LogP contribution in [0.4, 0.5) is 11.4 Å². The van der Waals surface area contributed by atoms with Crippen molar-refractivity contribution in [1.82, 2.24) is 0 Å². The fourth-order valence-corrected chi connectivity index (χ4v) is 2.66. The predicted molar refractivity (Wildman–Crippen MR) is 74.1 cm³/mol. The van der Waals surface area contributed by atoms with Crippen molar-refractivity contribution in [3.05, 3.63) is 18.2 Å². The van der Waals surface area contributed by atoms with Gasteiger partial charge in [0.1, 0.15) is 5.75 Å². The minimum Gasteiger partial charge on any atom is -0.495 e. The fourth-order valence-electron chi connectivity index (χ4n) is 2.66. The number of nitrogens with two attached hydrogens (primary N) is 1. The molecule has 3 N–H and O–H groups in total. The summed E-state index contributed by atoms with van der Waals surface area (Å²) in [6.45, 7) is 0.653. The Morgan fingerprint density at radius 2 is 2.06 bits per heavy atom. The normalized spacial score (nSPS) is 17.7. The molecule has 100 valence electrons. The highest BCUT2D eigenvalue weighted by Crippen LogP contribution is 2.32. The number of nitrogen functional groups attached to an aromatic ring is 1. The van der Waals surface area contributed by atoms with Crippen LogP contribution in [0.1, 0.15) is 25.7 Å². The number of benzene rings is 1. The number of methoxy groups -OCH3 is 1. The molecule has 1 aliphatic rings. The van der Waals surface area contributed by atoms with Crippen LogP contribution in [0.2, 0.25) is 0 Å². The molecule has 1 aromatic carbocycles. The van der Waals surface area contributed by atoms with Gasteiger partial charge in [-0.3, -0.25) is 0 Å². The molecular formula is C14H22N2O2. The van der Waals surface area contributed by atoms with E-state index in [1.165, 1.54) is 0 Å². The van der Waals surface area contributed by atoms with Crippen LogP contribution in [-0.4, -0.2) is 31.4 Å². The Balaban J connectivity index is 2.10. The van der Waals surface area contributed by atoms with E-state index in [1.807, 2.05) is 25.2 Å². The first-order chi connectivity index (χ1) is 8.54. The molecule has 1 aromatic rings. The van der Waals surface area contributed by atoms with Crippen LogP contribution in [0.3, 0.4) is 0 Å². The molecule has 0 saturated heterocycles. The monoisotopic (exact) mass is 250 g/mol. The van der Waals surface area contributed by atoms with Crippen LogP contribution in [0, 0.1) is 0 Å². The van der Waals surface area contributed by atoms with E-state index >= 15 is 0 Å². The maximum absolute atomic E-state index is 10.4. The summed E-state index contributed by atoms with van der Waals surface area (Å²) in [6, 6.07) is 5.70. The molecule has 0 bridgehead atoms. The van der Waals surface area contributed by atoms with E-state index in [0.717, 1.165) is 31.4 Å². The largest absolute Gasteiger partial charge is 0.495 e. The maximum atomic E-state index is 10.4. The van der Waals surface area contributed by atoms with Crippen LogP contribution < -0.4 is 15.4 Å². The molecule has 18 heavy (non-hydrogen) atoms. The Morgan fingerprint density at radius 3 is 2.67 bits per heavy atom. The van der Waals surface area contributed by atoms with Gasteiger partial charge in [0.2, 0.25) is 0 Å². The van der Waals surface area contributed by atoms with Gasteiger partial charge in [0.25, 0.3) is 0 Å². The Labute approximate surface area is 108 Å². The third-order valence-corrected chi connectivity index (χ3v) is 3.72. The number of nitrogens with zero attached hydrogens (tertiary/aromatic N) is 1. The standard InChI is InChI=1S/C14H22N2O2/c1-16(10-14(17)7-3-4-8-14)11-5-6-12(15)13(9-11)18-2/h5-6,9,17H,3-4,7-8,10,15H2,1-2H3. The minimum atomic E-state index is -0.538. The molecule has 2 rings (SSSR count). The number of rotatable bonds is 4. The summed E-state index contributed by atoms with van der Waals surface area (Å²) in [4.78, 5) is 2.06. The number of ether oxygens (including phenoxy) is 1. The summed E-state index contributed by atoms with van der Waals surface area (Å²) in [6.07, 6.45) is 4.03. The van der Waals surface area contributed by atoms with Gasteiger partial charge in [-0.15, -0.1) is 0 Å². The molecular weight excluding hydrogens is 228 g/mol. The predicted octanol–water partition coefficient (Wildman–Crippen LogP) is 2.02. The number of anilines is 2. The molecule has 0 aliphatic heterocycles. The summed E-state index contributed by atoms with van der Waals surface area (Å²) < 4.78 is 5.22. The third kappa shape index (κ3) is 2.70. The highest BCUT2D eigenvalue weighted by Gasteiger charge is 2.32. The molecule has 0 radical (unpaired) electrons. The Morgan fingerprint density at radius 1 is 1.39 bits per heavy atom. The molecule has 4 heteroatoms. The highest BCUT2D eigenvalue weighted by molar-refractivity contribution is 5.62. The van der Waals surface area contributed by atoms with Gasteiger partial charge in [0, 0.05) is 25.3 Å². The summed E-state index contributed by atoms with van der Waals surface area (Å²) in [5.74, 6) is 0.678. The van der Waals surface area contributed by atoms with Crippen LogP contribution >= 0.6 is 0 Å². The highest BCUT2D eigenvalue weighted by atomic mass is 16.5. The summed E-state index contributed by atoms with van der Waals surface area (Å²) in [5.41, 5.74) is 6.91. The van der Waals surface area contributed by atoms with Crippen molar-refractivity contribution in [2.45, 2.75) is 31.3 Å². The van der Waals surface area contributed by atoms with Crippen LogP contribution in [0.25, 0.3) is 0 Å². The summed E-state index contributed by atoms with van der Waals surface area (Å²) in [5, 5.41) is 10.4. The molecule has 0 aromatic heterocycles. The first-order valence-corrected chi connectivity index (χ1v) is 6.41. The zero-order chi connectivity index (χ0) is 13.2. The van der Waals surface area contributed by atoms with Crippen LogP contribution in [0.15, 0.2) is 18.2 Å². The van der Waals surface area contributed by atoms with Gasteiger partial charge in [0.05, 0.1) is 18.4 Å². The van der Waals surface area contributed by atoms with Crippen molar-refractivity contribution in [2.24, 2.45) is 0 Å². The van der Waals surface area contributed by atoms with E-state index in [4.69, 9.17) is 10.5 Å². The lowest BCUT2D eigenvalue weighted by Gasteiger charge is -2.30. The van der Waals surface area contributed by atoms with E-state index in [1.54, 1.807) is 7.11 Å². The van der Waals surface area contributed by atoms with E-state index in [9.17, 15) is 5.11 Å². The number of likely N-dealkylation sites (N-methyl/N-ethyl adjacent to an activating group) is 1. The lowest BCUT2D eigenvalue weighted by molar-refractivity contribution is 0.0559. The Kier molecular flexibility index (Phi) is 3.66. The second-order valence-electron chi connectivity index (χ2n) is 5.21. The summed E-state index contributed by atoms with van der Waals surface area (Å²) in [7, 11) is 3.60. The maximum Gasteiger partial charge on any atom is 0.143 e. The minimum absolute atomic E-state index is 0.538. The van der Waals surface area contributed by atoms with Crippen molar-refractivity contribution in [3.8, 4) is 5.75 Å². The lowest BCUT2D eigenvalue weighted by Crippen LogP contribution is -2.39. The summed E-state index contributed by atoms with van der Waals surface area (Å²) >= 11 is 0. The van der Waals surface area contributed by atoms with Crippen molar-refractivity contribution < 1.29 is 9.84 Å². The molecule has 1 saturated carbocycles. The lowest BCUT2D eigenvalue weighted by atomic mass is 10.0. The third-order valence-electron chi connectivity index (χ3n) is 3.72. The molecule has 0 spiro atoms. The molecule has 1 aliphatic carbocycles. The van der Waals surface area contributed by atoms with Crippen LogP contribution in [0.5, 0.6) is 5.75 Å². The van der Waals surface area contributed by atoms with E-state index < -0.39 is 5.60 Å². The number of hydrogen-bond acceptors (Lipinski definition) is 4. The van der Waals surface area contributed by atoms with Crippen molar-refractivity contribution in [2.75, 3.05) is 31.3 Å². The first kappa shape index (κ1) is 13.0. The smallest absolute Gasteiger partial charge is 0.143 e. The second kappa shape index (κ2) is 5.06. The fraction of sp³-hybridized carbons (Fsp3) is 0.571. The van der Waals surface area contributed by atoms with Gasteiger partial charge in [-0.05, 0) is 25.0 Å². The van der Waals surface area contributed by atoms with Crippen molar-refractivity contribution in [1.29, 1.82) is 0 Å². The molecule has 0 amide bonds. The Hall–Kier alpha value is -1.42. The average Bonchev–Trinajstić information content (AvgIpc) is 2.76. The van der Waals surface area contributed by atoms with E-state index in [0.29, 0.717) is 18.0 Å². The molecule has 0 heterocycles. The van der Waals surface area contributed by atoms with Gasteiger partial charge >= 0.3 is 0 Å². The van der Waals surface area contributed by atoms with Gasteiger partial charge < -0.3 is 20.5 Å². The number of hydrogen-bond donors (Lipinski definition) is 2. The van der Waals surface area contributed by atoms with Gasteiger partial charge in [-0.2, -0.15) is 0 Å². The average molecular weight is 250 g/mol. The quantitative estimate of drug-likeness (QED) is 0.803.